The van der Waals surface area contributed by atoms with Crippen LogP contribution in [-0.4, -0.2) is 5.91 Å². The van der Waals surface area contributed by atoms with Gasteiger partial charge in [-0.3, -0.25) is 4.79 Å². The number of fused-ring (bicyclic) bond motifs is 1. The minimum absolute atomic E-state index is 0.197. The molecule has 0 saturated carbocycles. The molecule has 8 heteroatoms. The fourth-order valence-electron chi connectivity index (χ4n) is 2.23. The molecule has 0 unspecified atom stereocenters. The SMILES string of the molecule is O=C1N[C@H](c2c(F)c(F)c(F)c(F)c2F)Nc2ccccc21. The van der Waals surface area contributed by atoms with E-state index in [-0.39, 0.29) is 11.3 Å². The van der Waals surface area contributed by atoms with Crippen LogP contribution in [0.4, 0.5) is 27.6 Å². The van der Waals surface area contributed by atoms with Crippen LogP contribution in [0.3, 0.4) is 0 Å². The first-order valence-corrected chi connectivity index (χ1v) is 6.09. The second kappa shape index (κ2) is 4.97. The lowest BCUT2D eigenvalue weighted by Crippen LogP contribution is -2.39. The maximum absolute atomic E-state index is 13.8. The summed E-state index contributed by atoms with van der Waals surface area (Å²) in [6.45, 7) is 0. The number of hydrogen-bond acceptors (Lipinski definition) is 2. The Morgan fingerprint density at radius 1 is 0.773 bits per heavy atom. The summed E-state index contributed by atoms with van der Waals surface area (Å²) in [5, 5.41) is 4.69. The molecule has 1 amide bonds. The zero-order chi connectivity index (χ0) is 16.0. The van der Waals surface area contributed by atoms with E-state index in [1.54, 1.807) is 12.1 Å². The Kier molecular flexibility index (Phi) is 3.23. The summed E-state index contributed by atoms with van der Waals surface area (Å²) in [5.74, 6) is -11.1. The van der Waals surface area contributed by atoms with Gasteiger partial charge in [-0.2, -0.15) is 0 Å². The molecule has 114 valence electrons. The number of carbonyl (C=O) groups excluding carboxylic acids is 1. The van der Waals surface area contributed by atoms with Gasteiger partial charge in [0.1, 0.15) is 6.17 Å². The highest BCUT2D eigenvalue weighted by Crippen LogP contribution is 2.32. The molecular weight excluding hydrogens is 307 g/mol. The third kappa shape index (κ3) is 1.99. The molecule has 1 aliphatic heterocycles. The number of hydrogen-bond donors (Lipinski definition) is 2. The molecule has 1 aliphatic rings. The number of anilines is 1. The monoisotopic (exact) mass is 314 g/mol. The van der Waals surface area contributed by atoms with Crippen molar-refractivity contribution in [2.45, 2.75) is 6.17 Å². The highest BCUT2D eigenvalue weighted by Gasteiger charge is 2.34. The zero-order valence-electron chi connectivity index (χ0n) is 10.7. The van der Waals surface area contributed by atoms with Crippen LogP contribution in [0, 0.1) is 29.1 Å². The van der Waals surface area contributed by atoms with E-state index in [1.165, 1.54) is 12.1 Å². The Labute approximate surface area is 120 Å². The number of amides is 1. The summed E-state index contributed by atoms with van der Waals surface area (Å²) in [7, 11) is 0. The molecule has 3 rings (SSSR count). The van der Waals surface area contributed by atoms with E-state index in [9.17, 15) is 26.7 Å². The van der Waals surface area contributed by atoms with Crippen molar-refractivity contribution in [3.63, 3.8) is 0 Å². The number of carbonyl (C=O) groups is 1. The van der Waals surface area contributed by atoms with Crippen molar-refractivity contribution in [1.82, 2.24) is 5.32 Å². The molecule has 0 spiro atoms. The van der Waals surface area contributed by atoms with Crippen molar-refractivity contribution < 1.29 is 26.7 Å². The number of halogens is 5. The summed E-state index contributed by atoms with van der Waals surface area (Å²) in [6, 6.07) is 6.03. The molecule has 0 radical (unpaired) electrons. The van der Waals surface area contributed by atoms with Crippen LogP contribution in [0.25, 0.3) is 0 Å². The summed E-state index contributed by atoms with van der Waals surface area (Å²) in [4.78, 5) is 11.9. The summed E-state index contributed by atoms with van der Waals surface area (Å²) in [5.41, 5.74) is -0.720. The van der Waals surface area contributed by atoms with Crippen LogP contribution >= 0.6 is 0 Å². The van der Waals surface area contributed by atoms with E-state index in [0.29, 0.717) is 0 Å². The molecule has 0 saturated heterocycles. The molecule has 2 N–H and O–H groups in total. The van der Waals surface area contributed by atoms with Gasteiger partial charge in [0.2, 0.25) is 5.82 Å². The van der Waals surface area contributed by atoms with E-state index in [4.69, 9.17) is 0 Å². The van der Waals surface area contributed by atoms with Crippen molar-refractivity contribution in [2.24, 2.45) is 0 Å². The lowest BCUT2D eigenvalue weighted by Gasteiger charge is -2.28. The minimum atomic E-state index is -2.25. The zero-order valence-corrected chi connectivity index (χ0v) is 10.7. The van der Waals surface area contributed by atoms with Gasteiger partial charge in [-0.05, 0) is 12.1 Å². The largest absolute Gasteiger partial charge is 0.361 e. The van der Waals surface area contributed by atoms with Crippen molar-refractivity contribution in [1.29, 1.82) is 0 Å². The summed E-state index contributed by atoms with van der Waals surface area (Å²) in [6.07, 6.45) is -1.58. The molecule has 1 heterocycles. The van der Waals surface area contributed by atoms with Crippen LogP contribution in [0.1, 0.15) is 22.1 Å². The predicted molar refractivity (Wildman–Crippen MR) is 66.5 cm³/mol. The molecule has 0 aliphatic carbocycles. The van der Waals surface area contributed by atoms with E-state index in [2.05, 4.69) is 10.6 Å². The van der Waals surface area contributed by atoms with Gasteiger partial charge in [0.25, 0.3) is 5.91 Å². The van der Waals surface area contributed by atoms with Crippen LogP contribution in [-0.2, 0) is 0 Å². The third-order valence-electron chi connectivity index (χ3n) is 3.28. The quantitative estimate of drug-likeness (QED) is 0.482. The van der Waals surface area contributed by atoms with Gasteiger partial charge >= 0.3 is 0 Å². The van der Waals surface area contributed by atoms with E-state index < -0.39 is 46.7 Å². The molecule has 2 aromatic rings. The van der Waals surface area contributed by atoms with Crippen LogP contribution in [0.15, 0.2) is 24.3 Å². The van der Waals surface area contributed by atoms with E-state index in [1.807, 2.05) is 0 Å². The fraction of sp³-hybridized carbons (Fsp3) is 0.0714. The molecule has 0 bridgehead atoms. The Hall–Kier alpha value is -2.64. The number of nitrogens with one attached hydrogen (secondary N) is 2. The second-order valence-corrected chi connectivity index (χ2v) is 4.58. The smallest absolute Gasteiger partial charge is 0.255 e. The first-order chi connectivity index (χ1) is 10.4. The molecule has 22 heavy (non-hydrogen) atoms. The van der Waals surface area contributed by atoms with E-state index >= 15 is 0 Å². The van der Waals surface area contributed by atoms with E-state index in [0.717, 1.165) is 0 Å². The predicted octanol–water partition coefficient (Wildman–Crippen LogP) is 3.24. The molecule has 0 aromatic heterocycles. The van der Waals surface area contributed by atoms with Gasteiger partial charge in [0, 0.05) is 5.69 Å². The Balaban J connectivity index is 2.13. The maximum atomic E-state index is 13.8. The topological polar surface area (TPSA) is 41.1 Å². The lowest BCUT2D eigenvalue weighted by atomic mass is 10.0. The van der Waals surface area contributed by atoms with Gasteiger partial charge < -0.3 is 10.6 Å². The summed E-state index contributed by atoms with van der Waals surface area (Å²) < 4.78 is 67.1. The van der Waals surface area contributed by atoms with Crippen LogP contribution < -0.4 is 10.6 Å². The lowest BCUT2D eigenvalue weighted by molar-refractivity contribution is 0.0934. The first kappa shape index (κ1) is 14.3. The molecule has 3 nitrogen and oxygen atoms in total. The average molecular weight is 314 g/mol. The highest BCUT2D eigenvalue weighted by atomic mass is 19.2. The third-order valence-corrected chi connectivity index (χ3v) is 3.28. The molecule has 1 atom stereocenters. The van der Waals surface area contributed by atoms with Gasteiger partial charge in [0.15, 0.2) is 23.3 Å². The summed E-state index contributed by atoms with van der Waals surface area (Å²) >= 11 is 0. The Morgan fingerprint density at radius 3 is 1.95 bits per heavy atom. The average Bonchev–Trinajstić information content (AvgIpc) is 2.51. The van der Waals surface area contributed by atoms with Crippen molar-refractivity contribution in [2.75, 3.05) is 5.32 Å². The number of benzene rings is 2. The van der Waals surface area contributed by atoms with Crippen LogP contribution in [0.2, 0.25) is 0 Å². The number of rotatable bonds is 1. The van der Waals surface area contributed by atoms with Gasteiger partial charge in [-0.25, -0.2) is 22.0 Å². The van der Waals surface area contributed by atoms with Crippen molar-refractivity contribution in [3.8, 4) is 0 Å². The second-order valence-electron chi connectivity index (χ2n) is 4.58. The minimum Gasteiger partial charge on any atom is -0.361 e. The molecular formula is C14H7F5N2O. The first-order valence-electron chi connectivity index (χ1n) is 6.09. The Bertz CT molecular complexity index is 764. The Morgan fingerprint density at radius 2 is 1.32 bits per heavy atom. The fourth-order valence-corrected chi connectivity index (χ4v) is 2.23. The standard InChI is InChI=1S/C14H7F5N2O/c15-8-7(9(16)11(18)12(19)10(8)17)13-20-6-4-2-1-3-5(6)14(22)21-13/h1-4,13,20H,(H,21,22)/t13-/m1/s1. The highest BCUT2D eigenvalue weighted by molar-refractivity contribution is 6.01. The molecule has 0 fully saturated rings. The molecule has 2 aromatic carbocycles. The van der Waals surface area contributed by atoms with Gasteiger partial charge in [-0.15, -0.1) is 0 Å². The van der Waals surface area contributed by atoms with Crippen molar-refractivity contribution in [3.05, 3.63) is 64.5 Å². The van der Waals surface area contributed by atoms with Crippen molar-refractivity contribution >= 4 is 11.6 Å². The normalized spacial score (nSPS) is 16.8. The maximum Gasteiger partial charge on any atom is 0.255 e. The van der Waals surface area contributed by atoms with Gasteiger partial charge in [0.05, 0.1) is 11.1 Å². The van der Waals surface area contributed by atoms with Gasteiger partial charge in [-0.1, -0.05) is 12.1 Å². The number of para-hydroxylation sites is 1. The van der Waals surface area contributed by atoms with Crippen LogP contribution in [0.5, 0.6) is 0 Å².